The number of ether oxygens (including phenoxy) is 2. The van der Waals surface area contributed by atoms with Gasteiger partial charge in [0, 0.05) is 30.4 Å². The van der Waals surface area contributed by atoms with Crippen molar-refractivity contribution >= 4 is 28.2 Å². The predicted octanol–water partition coefficient (Wildman–Crippen LogP) is 3.99. The molecule has 7 heteroatoms. The first-order valence-electron chi connectivity index (χ1n) is 9.61. The molecule has 0 atom stereocenters. The number of aromatic nitrogens is 1. The van der Waals surface area contributed by atoms with E-state index in [9.17, 15) is 9.18 Å². The summed E-state index contributed by atoms with van der Waals surface area (Å²) in [6, 6.07) is 11.8. The van der Waals surface area contributed by atoms with E-state index in [-0.39, 0.29) is 11.7 Å². The molecule has 0 radical (unpaired) electrons. The van der Waals surface area contributed by atoms with Crippen LogP contribution < -0.4 is 10.1 Å². The highest BCUT2D eigenvalue weighted by molar-refractivity contribution is 6.08. The number of hydrogen-bond donors (Lipinski definition) is 1. The fourth-order valence-electron chi connectivity index (χ4n) is 3.34. The molecular weight excluding hydrogens is 373 g/mol. The van der Waals surface area contributed by atoms with Crippen LogP contribution in [0.2, 0.25) is 0 Å². The molecule has 1 aliphatic heterocycles. The Bertz CT molecular complexity index is 1020. The number of anilines is 2. The SMILES string of the molecule is CCOc1ccc(Nc2c(C(=O)N3CCOCC3)cnc3ccc(F)cc23)cc1. The van der Waals surface area contributed by atoms with E-state index in [1.807, 2.05) is 31.2 Å². The molecule has 1 aliphatic rings. The van der Waals surface area contributed by atoms with Crippen LogP contribution in [-0.4, -0.2) is 48.7 Å². The van der Waals surface area contributed by atoms with Crippen molar-refractivity contribution in [3.8, 4) is 5.75 Å². The highest BCUT2D eigenvalue weighted by Crippen LogP contribution is 2.31. The van der Waals surface area contributed by atoms with Gasteiger partial charge in [-0.2, -0.15) is 0 Å². The van der Waals surface area contributed by atoms with E-state index in [0.29, 0.717) is 55.1 Å². The fourth-order valence-corrected chi connectivity index (χ4v) is 3.34. The van der Waals surface area contributed by atoms with Gasteiger partial charge >= 0.3 is 0 Å². The zero-order chi connectivity index (χ0) is 20.2. The normalized spacial score (nSPS) is 14.1. The van der Waals surface area contributed by atoms with Gasteiger partial charge in [0.15, 0.2) is 0 Å². The number of amides is 1. The maximum absolute atomic E-state index is 14.0. The fraction of sp³-hybridized carbons (Fsp3) is 0.273. The molecule has 0 bridgehead atoms. The number of carbonyl (C=O) groups excluding carboxylic acids is 1. The summed E-state index contributed by atoms with van der Waals surface area (Å²) in [6.07, 6.45) is 1.55. The third-order valence-corrected chi connectivity index (χ3v) is 4.79. The second-order valence-electron chi connectivity index (χ2n) is 6.70. The number of nitrogens with zero attached hydrogens (tertiary/aromatic N) is 2. The lowest BCUT2D eigenvalue weighted by atomic mass is 10.1. The van der Waals surface area contributed by atoms with Crippen LogP contribution in [0.1, 0.15) is 17.3 Å². The van der Waals surface area contributed by atoms with E-state index < -0.39 is 0 Å². The Kier molecular flexibility index (Phi) is 5.57. The molecule has 4 rings (SSSR count). The number of benzene rings is 2. The molecule has 0 aliphatic carbocycles. The van der Waals surface area contributed by atoms with E-state index >= 15 is 0 Å². The van der Waals surface area contributed by atoms with Gasteiger partial charge in [0.05, 0.1) is 36.6 Å². The summed E-state index contributed by atoms with van der Waals surface area (Å²) in [6.45, 7) is 4.55. The molecule has 150 valence electrons. The molecule has 1 amide bonds. The van der Waals surface area contributed by atoms with Crippen molar-refractivity contribution in [2.45, 2.75) is 6.92 Å². The number of halogens is 1. The van der Waals surface area contributed by atoms with Crippen LogP contribution in [0.5, 0.6) is 5.75 Å². The summed E-state index contributed by atoms with van der Waals surface area (Å²) in [5.41, 5.74) is 2.31. The van der Waals surface area contributed by atoms with Crippen molar-refractivity contribution in [2.75, 3.05) is 38.2 Å². The molecular formula is C22H22FN3O3. The molecule has 2 aromatic carbocycles. The Hall–Kier alpha value is -3.19. The van der Waals surface area contributed by atoms with E-state index in [0.717, 1.165) is 11.4 Å². The van der Waals surface area contributed by atoms with Gasteiger partial charge in [-0.15, -0.1) is 0 Å². The first-order chi connectivity index (χ1) is 14.2. The molecule has 1 N–H and O–H groups in total. The van der Waals surface area contributed by atoms with E-state index in [1.54, 1.807) is 17.2 Å². The molecule has 2 heterocycles. The third-order valence-electron chi connectivity index (χ3n) is 4.79. The second-order valence-corrected chi connectivity index (χ2v) is 6.70. The number of rotatable bonds is 5. The first kappa shape index (κ1) is 19.1. The lowest BCUT2D eigenvalue weighted by Gasteiger charge is -2.28. The molecule has 6 nitrogen and oxygen atoms in total. The standard InChI is InChI=1S/C22H22FN3O3/c1-2-29-17-6-4-16(5-7-17)25-21-18-13-15(23)3-8-20(18)24-14-19(21)22(27)26-9-11-28-12-10-26/h3-8,13-14H,2,9-12H2,1H3,(H,24,25). The maximum atomic E-state index is 14.0. The molecule has 0 saturated carbocycles. The number of hydrogen-bond acceptors (Lipinski definition) is 5. The van der Waals surface area contributed by atoms with Crippen LogP contribution in [0.4, 0.5) is 15.8 Å². The lowest BCUT2D eigenvalue weighted by Crippen LogP contribution is -2.41. The van der Waals surface area contributed by atoms with Gasteiger partial charge in [-0.1, -0.05) is 0 Å². The Morgan fingerprint density at radius 1 is 1.21 bits per heavy atom. The average molecular weight is 395 g/mol. The molecule has 0 spiro atoms. The van der Waals surface area contributed by atoms with Crippen molar-refractivity contribution in [3.63, 3.8) is 0 Å². The number of nitrogens with one attached hydrogen (secondary N) is 1. The monoisotopic (exact) mass is 395 g/mol. The molecule has 1 saturated heterocycles. The zero-order valence-electron chi connectivity index (χ0n) is 16.2. The smallest absolute Gasteiger partial charge is 0.257 e. The van der Waals surface area contributed by atoms with E-state index in [4.69, 9.17) is 9.47 Å². The number of morpholine rings is 1. The Morgan fingerprint density at radius 3 is 2.69 bits per heavy atom. The highest BCUT2D eigenvalue weighted by Gasteiger charge is 2.23. The second kappa shape index (κ2) is 8.45. The Morgan fingerprint density at radius 2 is 1.97 bits per heavy atom. The summed E-state index contributed by atoms with van der Waals surface area (Å²) in [5.74, 6) is 0.221. The molecule has 29 heavy (non-hydrogen) atoms. The quantitative estimate of drug-likeness (QED) is 0.708. The molecule has 3 aromatic rings. The van der Waals surface area contributed by atoms with Crippen LogP contribution in [0.25, 0.3) is 10.9 Å². The average Bonchev–Trinajstić information content (AvgIpc) is 2.76. The number of fused-ring (bicyclic) bond motifs is 1. The van der Waals surface area contributed by atoms with Gasteiger partial charge < -0.3 is 19.7 Å². The van der Waals surface area contributed by atoms with E-state index in [1.165, 1.54) is 12.1 Å². The minimum Gasteiger partial charge on any atom is -0.494 e. The predicted molar refractivity (Wildman–Crippen MR) is 109 cm³/mol. The summed E-state index contributed by atoms with van der Waals surface area (Å²) in [5, 5.41) is 3.84. The topological polar surface area (TPSA) is 63.7 Å². The van der Waals surface area contributed by atoms with Crippen LogP contribution in [0.15, 0.2) is 48.7 Å². The van der Waals surface area contributed by atoms with Gasteiger partial charge in [0.25, 0.3) is 5.91 Å². The molecule has 1 fully saturated rings. The minimum absolute atomic E-state index is 0.152. The van der Waals surface area contributed by atoms with Gasteiger partial charge in [-0.05, 0) is 49.4 Å². The Labute approximate surface area is 168 Å². The number of pyridine rings is 1. The van der Waals surface area contributed by atoms with E-state index in [2.05, 4.69) is 10.3 Å². The maximum Gasteiger partial charge on any atom is 0.257 e. The van der Waals surface area contributed by atoms with Gasteiger partial charge in [-0.3, -0.25) is 9.78 Å². The highest BCUT2D eigenvalue weighted by atomic mass is 19.1. The van der Waals surface area contributed by atoms with Crippen molar-refractivity contribution < 1.29 is 18.7 Å². The number of carbonyl (C=O) groups is 1. The first-order valence-corrected chi connectivity index (χ1v) is 9.61. The minimum atomic E-state index is -0.384. The summed E-state index contributed by atoms with van der Waals surface area (Å²) < 4.78 is 24.8. The molecule has 0 unspecified atom stereocenters. The van der Waals surface area contributed by atoms with Gasteiger partial charge in [-0.25, -0.2) is 4.39 Å². The van der Waals surface area contributed by atoms with Crippen molar-refractivity contribution in [1.82, 2.24) is 9.88 Å². The van der Waals surface area contributed by atoms with Crippen molar-refractivity contribution in [1.29, 1.82) is 0 Å². The summed E-state index contributed by atoms with van der Waals surface area (Å²) >= 11 is 0. The van der Waals surface area contributed by atoms with Crippen LogP contribution >= 0.6 is 0 Å². The van der Waals surface area contributed by atoms with Crippen LogP contribution in [0, 0.1) is 5.82 Å². The van der Waals surface area contributed by atoms with Crippen LogP contribution in [0.3, 0.4) is 0 Å². The summed E-state index contributed by atoms with van der Waals surface area (Å²) in [4.78, 5) is 19.3. The largest absolute Gasteiger partial charge is 0.494 e. The van der Waals surface area contributed by atoms with Gasteiger partial charge in [0.1, 0.15) is 11.6 Å². The van der Waals surface area contributed by atoms with Crippen LogP contribution in [-0.2, 0) is 4.74 Å². The summed E-state index contributed by atoms with van der Waals surface area (Å²) in [7, 11) is 0. The lowest BCUT2D eigenvalue weighted by molar-refractivity contribution is 0.0303. The van der Waals surface area contributed by atoms with Crippen molar-refractivity contribution in [3.05, 3.63) is 60.0 Å². The molecule has 1 aromatic heterocycles. The Balaban J connectivity index is 1.75. The zero-order valence-corrected chi connectivity index (χ0v) is 16.2. The third kappa shape index (κ3) is 4.14. The van der Waals surface area contributed by atoms with Gasteiger partial charge in [0.2, 0.25) is 0 Å². The van der Waals surface area contributed by atoms with Crippen molar-refractivity contribution in [2.24, 2.45) is 0 Å².